The lowest BCUT2D eigenvalue weighted by molar-refractivity contribution is -0.0290. The van der Waals surface area contributed by atoms with Gasteiger partial charge in [-0.3, -0.25) is 4.84 Å². The fourth-order valence-electron chi connectivity index (χ4n) is 2.07. The molecule has 2 aromatic rings. The molecule has 0 radical (unpaired) electrons. The van der Waals surface area contributed by atoms with Crippen LogP contribution >= 0.6 is 15.9 Å². The lowest BCUT2D eigenvalue weighted by Gasteiger charge is -2.23. The second kappa shape index (κ2) is 3.87. The summed E-state index contributed by atoms with van der Waals surface area (Å²) in [5, 5.41) is 1.17. The molecule has 16 heavy (non-hydrogen) atoms. The molecule has 0 unspecified atom stereocenters. The maximum atomic E-state index is 5.36. The molecule has 0 fully saturated rings. The molecule has 0 saturated carbocycles. The van der Waals surface area contributed by atoms with Gasteiger partial charge in [-0.25, -0.2) is 5.90 Å². The predicted octanol–water partition coefficient (Wildman–Crippen LogP) is 3.07. The van der Waals surface area contributed by atoms with Gasteiger partial charge < -0.3 is 4.57 Å². The summed E-state index contributed by atoms with van der Waals surface area (Å²) in [7, 11) is 2.02. The van der Waals surface area contributed by atoms with Crippen molar-refractivity contribution in [1.29, 1.82) is 0 Å². The molecule has 1 aromatic heterocycles. The second-order valence-corrected chi connectivity index (χ2v) is 5.16. The molecular weight excluding hydrogens is 268 g/mol. The monoisotopic (exact) mass is 282 g/mol. The van der Waals surface area contributed by atoms with E-state index in [9.17, 15) is 0 Å². The maximum Gasteiger partial charge on any atom is 0.125 e. The Morgan fingerprint density at radius 2 is 1.94 bits per heavy atom. The quantitative estimate of drug-likeness (QED) is 0.860. The molecule has 1 aromatic carbocycles. The third-order valence-corrected chi connectivity index (χ3v) is 3.71. The van der Waals surface area contributed by atoms with Crippen LogP contribution < -0.4 is 5.90 Å². The van der Waals surface area contributed by atoms with Gasteiger partial charge >= 0.3 is 0 Å². The third-order valence-electron chi connectivity index (χ3n) is 2.91. The summed E-state index contributed by atoms with van der Waals surface area (Å²) in [6, 6.07) is 8.20. The van der Waals surface area contributed by atoms with Gasteiger partial charge in [-0.2, -0.15) is 0 Å². The average molecular weight is 283 g/mol. The van der Waals surface area contributed by atoms with E-state index >= 15 is 0 Å². The molecule has 0 atom stereocenters. The summed E-state index contributed by atoms with van der Waals surface area (Å²) < 4.78 is 3.15. The normalized spacial score (nSPS) is 12.3. The number of nitrogens with two attached hydrogens (primary N) is 1. The Morgan fingerprint density at radius 3 is 2.50 bits per heavy atom. The molecule has 3 nitrogen and oxygen atoms in total. The number of para-hydroxylation sites is 1. The topological polar surface area (TPSA) is 40.2 Å². The average Bonchev–Trinajstić information content (AvgIpc) is 2.53. The minimum Gasteiger partial charge on any atom is -0.344 e. The molecule has 4 heteroatoms. The van der Waals surface area contributed by atoms with Crippen LogP contribution in [0, 0.1) is 0 Å². The Bertz CT molecular complexity index is 492. The van der Waals surface area contributed by atoms with Crippen molar-refractivity contribution in [2.24, 2.45) is 12.9 Å². The Hall–Kier alpha value is -0.840. The van der Waals surface area contributed by atoms with Crippen LogP contribution in [-0.2, 0) is 17.5 Å². The number of halogens is 1. The van der Waals surface area contributed by atoms with Crippen molar-refractivity contribution in [2.45, 2.75) is 19.4 Å². The van der Waals surface area contributed by atoms with Crippen LogP contribution in [0.25, 0.3) is 10.9 Å². The van der Waals surface area contributed by atoms with Gasteiger partial charge in [0.1, 0.15) is 5.60 Å². The van der Waals surface area contributed by atoms with E-state index in [-0.39, 0.29) is 0 Å². The number of rotatable bonds is 2. The first-order chi connectivity index (χ1) is 7.49. The zero-order valence-electron chi connectivity index (χ0n) is 9.62. The molecule has 0 saturated heterocycles. The van der Waals surface area contributed by atoms with E-state index in [2.05, 4.69) is 32.6 Å². The van der Waals surface area contributed by atoms with Crippen molar-refractivity contribution in [3.63, 3.8) is 0 Å². The van der Waals surface area contributed by atoms with Gasteiger partial charge in [-0.15, -0.1) is 0 Å². The first kappa shape index (κ1) is 11.6. The first-order valence-corrected chi connectivity index (χ1v) is 5.89. The fourth-order valence-corrected chi connectivity index (χ4v) is 3.15. The number of aromatic nitrogens is 1. The summed E-state index contributed by atoms with van der Waals surface area (Å²) in [6.45, 7) is 3.90. The molecule has 0 aliphatic carbocycles. The predicted molar refractivity (Wildman–Crippen MR) is 68.9 cm³/mol. The first-order valence-electron chi connectivity index (χ1n) is 5.10. The standard InChI is InChI=1S/C12H15BrN2O/c1-12(2,16-14)11-10(13)8-6-4-5-7-9(8)15(11)3/h4-7H,14H2,1-3H3. The molecule has 0 spiro atoms. The smallest absolute Gasteiger partial charge is 0.125 e. The van der Waals surface area contributed by atoms with E-state index in [1.54, 1.807) is 0 Å². The molecular formula is C12H15BrN2O. The van der Waals surface area contributed by atoms with Gasteiger partial charge in [-0.1, -0.05) is 18.2 Å². The highest BCUT2D eigenvalue weighted by molar-refractivity contribution is 9.10. The molecule has 2 N–H and O–H groups in total. The molecule has 0 bridgehead atoms. The van der Waals surface area contributed by atoms with Crippen molar-refractivity contribution < 1.29 is 4.84 Å². The van der Waals surface area contributed by atoms with Gasteiger partial charge in [0, 0.05) is 22.4 Å². The summed E-state index contributed by atoms with van der Waals surface area (Å²) in [6.07, 6.45) is 0. The van der Waals surface area contributed by atoms with Crippen molar-refractivity contribution in [1.82, 2.24) is 4.57 Å². The number of hydrogen-bond acceptors (Lipinski definition) is 2. The van der Waals surface area contributed by atoms with Crippen LogP contribution in [0.3, 0.4) is 0 Å². The van der Waals surface area contributed by atoms with Crippen LogP contribution in [0.5, 0.6) is 0 Å². The zero-order chi connectivity index (χ0) is 11.9. The highest BCUT2D eigenvalue weighted by atomic mass is 79.9. The van der Waals surface area contributed by atoms with Crippen molar-refractivity contribution in [2.75, 3.05) is 0 Å². The molecule has 0 amide bonds. The summed E-state index contributed by atoms with van der Waals surface area (Å²) in [5.74, 6) is 5.36. The highest BCUT2D eigenvalue weighted by Crippen LogP contribution is 2.37. The summed E-state index contributed by atoms with van der Waals surface area (Å²) in [4.78, 5) is 5.06. The van der Waals surface area contributed by atoms with Gasteiger partial charge in [0.2, 0.25) is 0 Å². The van der Waals surface area contributed by atoms with Gasteiger partial charge in [0.15, 0.2) is 0 Å². The second-order valence-electron chi connectivity index (χ2n) is 4.37. The molecule has 86 valence electrons. The van der Waals surface area contributed by atoms with Crippen molar-refractivity contribution in [3.05, 3.63) is 34.4 Å². The Balaban J connectivity index is 2.81. The third kappa shape index (κ3) is 1.57. The number of hydrogen-bond donors (Lipinski definition) is 1. The van der Waals surface area contributed by atoms with E-state index in [0.29, 0.717) is 0 Å². The zero-order valence-corrected chi connectivity index (χ0v) is 11.2. The lowest BCUT2D eigenvalue weighted by atomic mass is 10.1. The number of aryl methyl sites for hydroxylation is 1. The molecule has 0 aliphatic rings. The van der Waals surface area contributed by atoms with E-state index in [1.807, 2.05) is 33.0 Å². The Morgan fingerprint density at radius 1 is 1.31 bits per heavy atom. The van der Waals surface area contributed by atoms with Crippen LogP contribution in [0.2, 0.25) is 0 Å². The SMILES string of the molecule is Cn1c(C(C)(C)ON)c(Br)c2ccccc21. The van der Waals surface area contributed by atoms with E-state index < -0.39 is 5.60 Å². The van der Waals surface area contributed by atoms with Gasteiger partial charge in [0.05, 0.1) is 5.69 Å². The van der Waals surface area contributed by atoms with Gasteiger partial charge in [-0.05, 0) is 35.8 Å². The van der Waals surface area contributed by atoms with Crippen LogP contribution in [-0.4, -0.2) is 4.57 Å². The van der Waals surface area contributed by atoms with E-state index in [1.165, 1.54) is 5.39 Å². The molecule has 2 rings (SSSR count). The van der Waals surface area contributed by atoms with Crippen LogP contribution in [0.1, 0.15) is 19.5 Å². The fraction of sp³-hybridized carbons (Fsp3) is 0.333. The highest BCUT2D eigenvalue weighted by Gasteiger charge is 2.28. The number of nitrogens with zero attached hydrogens (tertiary/aromatic N) is 1. The van der Waals surface area contributed by atoms with Crippen LogP contribution in [0.4, 0.5) is 0 Å². The molecule has 1 heterocycles. The Labute approximate surface area is 103 Å². The number of benzene rings is 1. The van der Waals surface area contributed by atoms with Gasteiger partial charge in [0.25, 0.3) is 0 Å². The summed E-state index contributed by atoms with van der Waals surface area (Å²) in [5.41, 5.74) is 1.68. The van der Waals surface area contributed by atoms with Crippen molar-refractivity contribution in [3.8, 4) is 0 Å². The minimum atomic E-state index is -0.521. The number of fused-ring (bicyclic) bond motifs is 1. The Kier molecular flexibility index (Phi) is 2.82. The maximum absolute atomic E-state index is 5.36. The summed E-state index contributed by atoms with van der Waals surface area (Å²) >= 11 is 3.62. The largest absolute Gasteiger partial charge is 0.344 e. The minimum absolute atomic E-state index is 0.521. The van der Waals surface area contributed by atoms with E-state index in [4.69, 9.17) is 10.7 Å². The molecule has 0 aliphatic heterocycles. The van der Waals surface area contributed by atoms with Crippen LogP contribution in [0.15, 0.2) is 28.7 Å². The van der Waals surface area contributed by atoms with Crippen molar-refractivity contribution >= 4 is 26.8 Å². The lowest BCUT2D eigenvalue weighted by Crippen LogP contribution is -2.28. The van der Waals surface area contributed by atoms with E-state index in [0.717, 1.165) is 15.7 Å².